The normalized spacial score (nSPS) is 21.5. The Labute approximate surface area is 215 Å². The van der Waals surface area contributed by atoms with Crippen LogP contribution < -0.4 is 20.1 Å². The third-order valence-corrected chi connectivity index (χ3v) is 6.25. The predicted molar refractivity (Wildman–Crippen MR) is 128 cm³/mol. The third-order valence-electron chi connectivity index (χ3n) is 6.00. The van der Waals surface area contributed by atoms with Crippen molar-refractivity contribution in [1.29, 1.82) is 0 Å². The highest BCUT2D eigenvalue weighted by Gasteiger charge is 2.66. The first kappa shape index (κ1) is 26.3. The Morgan fingerprint density at radius 1 is 1.05 bits per heavy atom. The molecular weight excluding hydrogens is 513 g/mol. The van der Waals surface area contributed by atoms with Crippen molar-refractivity contribution < 1.29 is 37.3 Å². The molecule has 3 atom stereocenters. The van der Waals surface area contributed by atoms with Crippen molar-refractivity contribution in [3.63, 3.8) is 0 Å². The molecule has 0 unspecified atom stereocenters. The van der Waals surface area contributed by atoms with Crippen molar-refractivity contribution in [3.8, 4) is 11.5 Å². The van der Waals surface area contributed by atoms with Crippen molar-refractivity contribution in [1.82, 2.24) is 10.6 Å². The number of Topliss-reactive ketones (excluding diaryl/α,β-unsaturated/α-hetero) is 1. The maximum Gasteiger partial charge on any atom is 0.437 e. The van der Waals surface area contributed by atoms with E-state index >= 15 is 0 Å². The van der Waals surface area contributed by atoms with Crippen LogP contribution in [-0.4, -0.2) is 35.9 Å². The van der Waals surface area contributed by atoms with Gasteiger partial charge in [0.25, 0.3) is 0 Å². The van der Waals surface area contributed by atoms with Crippen molar-refractivity contribution in [2.75, 3.05) is 7.11 Å². The molecule has 4 rings (SSSR count). The molecule has 3 N–H and O–H groups in total. The fraction of sp³-hybridized carbons (Fsp3) is 0.231. The summed E-state index contributed by atoms with van der Waals surface area (Å²) in [6.07, 6.45) is -5.36. The van der Waals surface area contributed by atoms with Crippen molar-refractivity contribution >= 4 is 23.4 Å². The van der Waals surface area contributed by atoms with E-state index in [4.69, 9.17) is 21.1 Å². The van der Waals surface area contributed by atoms with Crippen molar-refractivity contribution in [2.24, 2.45) is 5.92 Å². The second-order valence-corrected chi connectivity index (χ2v) is 8.81. The first-order chi connectivity index (χ1) is 17.5. The van der Waals surface area contributed by atoms with Gasteiger partial charge in [-0.3, -0.25) is 4.79 Å². The summed E-state index contributed by atoms with van der Waals surface area (Å²) >= 11 is 5.89. The van der Waals surface area contributed by atoms with E-state index in [0.717, 1.165) is 5.56 Å². The first-order valence-electron chi connectivity index (χ1n) is 11.1. The summed E-state index contributed by atoms with van der Waals surface area (Å²) in [5.74, 6) is -2.74. The molecule has 1 heterocycles. The fourth-order valence-corrected chi connectivity index (χ4v) is 4.26. The minimum absolute atomic E-state index is 0.0620. The van der Waals surface area contributed by atoms with Crippen LogP contribution in [0.4, 0.5) is 18.0 Å². The lowest BCUT2D eigenvalue weighted by Crippen LogP contribution is -2.72. The molecule has 1 fully saturated rings. The van der Waals surface area contributed by atoms with Gasteiger partial charge in [0.2, 0.25) is 5.72 Å². The average molecular weight is 535 g/mol. The summed E-state index contributed by atoms with van der Waals surface area (Å²) in [6.45, 7) is 0.153. The lowest BCUT2D eigenvalue weighted by Gasteiger charge is -2.45. The summed E-state index contributed by atoms with van der Waals surface area (Å²) < 4.78 is 53.5. The molecule has 7 nitrogen and oxygen atoms in total. The van der Waals surface area contributed by atoms with Gasteiger partial charge in [0.05, 0.1) is 13.2 Å². The Morgan fingerprint density at radius 2 is 1.73 bits per heavy atom. The molecule has 0 saturated carbocycles. The van der Waals surface area contributed by atoms with E-state index in [2.05, 4.69) is 5.32 Å². The third kappa shape index (κ3) is 5.35. The number of ether oxygens (including phenoxy) is 2. The Morgan fingerprint density at radius 3 is 2.35 bits per heavy atom. The fourth-order valence-electron chi connectivity index (χ4n) is 4.14. The van der Waals surface area contributed by atoms with Crippen LogP contribution in [0.5, 0.6) is 11.5 Å². The molecule has 0 bridgehead atoms. The van der Waals surface area contributed by atoms with Gasteiger partial charge in [-0.25, -0.2) is 4.79 Å². The van der Waals surface area contributed by atoms with Gasteiger partial charge >= 0.3 is 12.2 Å². The lowest BCUT2D eigenvalue weighted by atomic mass is 9.77. The average Bonchev–Trinajstić information content (AvgIpc) is 2.87. The van der Waals surface area contributed by atoms with Crippen LogP contribution in [0, 0.1) is 5.92 Å². The van der Waals surface area contributed by atoms with Crippen molar-refractivity contribution in [3.05, 3.63) is 94.5 Å². The van der Waals surface area contributed by atoms with Gasteiger partial charge in [0.15, 0.2) is 17.3 Å². The number of nitrogens with one attached hydrogen (secondary N) is 2. The summed E-state index contributed by atoms with van der Waals surface area (Å²) in [7, 11) is 1.34. The highest BCUT2D eigenvalue weighted by molar-refractivity contribution is 6.30. The molecule has 0 aromatic heterocycles. The zero-order valence-corrected chi connectivity index (χ0v) is 20.1. The van der Waals surface area contributed by atoms with E-state index in [0.29, 0.717) is 5.02 Å². The summed E-state index contributed by atoms with van der Waals surface area (Å²) in [4.78, 5) is 25.6. The van der Waals surface area contributed by atoms with E-state index < -0.39 is 35.7 Å². The largest absolute Gasteiger partial charge is 0.493 e. The first-order valence-corrected chi connectivity index (χ1v) is 11.4. The van der Waals surface area contributed by atoms with Crippen LogP contribution >= 0.6 is 11.6 Å². The van der Waals surface area contributed by atoms with Gasteiger partial charge in [-0.05, 0) is 35.4 Å². The zero-order chi connectivity index (χ0) is 26.8. The number of ketones is 1. The molecular formula is C26H22ClF3N2O5. The quantitative estimate of drug-likeness (QED) is 0.369. The molecule has 11 heteroatoms. The van der Waals surface area contributed by atoms with Crippen LogP contribution in [0.3, 0.4) is 0 Å². The van der Waals surface area contributed by atoms with Crippen molar-refractivity contribution in [2.45, 2.75) is 24.6 Å². The van der Waals surface area contributed by atoms with Gasteiger partial charge in [-0.2, -0.15) is 13.2 Å². The molecule has 3 aromatic carbocycles. The number of alkyl halides is 3. The van der Waals surface area contributed by atoms with E-state index in [9.17, 15) is 27.9 Å². The zero-order valence-electron chi connectivity index (χ0n) is 19.4. The molecule has 1 aliphatic rings. The smallest absolute Gasteiger partial charge is 0.437 e. The summed E-state index contributed by atoms with van der Waals surface area (Å²) in [6, 6.07) is 15.5. The lowest BCUT2D eigenvalue weighted by molar-refractivity contribution is -0.287. The monoisotopic (exact) mass is 534 g/mol. The van der Waals surface area contributed by atoms with E-state index in [1.807, 2.05) is 0 Å². The molecule has 0 spiro atoms. The number of hydrogen-bond acceptors (Lipinski definition) is 5. The highest BCUT2D eigenvalue weighted by atomic mass is 35.5. The summed E-state index contributed by atoms with van der Waals surface area (Å²) in [5, 5.41) is 15.2. The molecule has 194 valence electrons. The predicted octanol–water partition coefficient (Wildman–Crippen LogP) is 5.03. The molecule has 2 amide bonds. The number of halogens is 4. The minimum Gasteiger partial charge on any atom is -0.493 e. The Balaban J connectivity index is 1.71. The Kier molecular flexibility index (Phi) is 7.33. The molecule has 1 saturated heterocycles. The maximum absolute atomic E-state index is 14.1. The van der Waals surface area contributed by atoms with Crippen LogP contribution in [0.2, 0.25) is 5.02 Å². The van der Waals surface area contributed by atoms with Gasteiger partial charge in [0, 0.05) is 10.6 Å². The van der Waals surface area contributed by atoms with E-state index in [1.165, 1.54) is 54.9 Å². The Bertz CT molecular complexity index is 1290. The van der Waals surface area contributed by atoms with Crippen LogP contribution in [0.15, 0.2) is 72.8 Å². The number of carbonyl (C=O) groups excluding carboxylic acids is 2. The number of urea groups is 1. The van der Waals surface area contributed by atoms with Gasteiger partial charge in [0.1, 0.15) is 12.5 Å². The number of aliphatic hydroxyl groups is 1. The van der Waals surface area contributed by atoms with Crippen LogP contribution in [-0.2, 0) is 6.61 Å². The molecule has 1 aliphatic heterocycles. The maximum atomic E-state index is 14.1. The van der Waals surface area contributed by atoms with E-state index in [-0.39, 0.29) is 29.2 Å². The van der Waals surface area contributed by atoms with E-state index in [1.54, 1.807) is 30.3 Å². The SMILES string of the molecule is COc1cc([C@@H]2NC(=O)N[C@@](O)(C(F)(F)F)[C@H]2C(=O)c2ccccc2)ccc1OCc1ccc(Cl)cc1. The standard InChI is InChI=1S/C26H22ClF3N2O5/c1-36-20-13-17(9-12-19(20)37-14-15-7-10-18(27)11-8-15)22-21(23(33)16-5-3-2-4-6-16)25(35,26(28,29)30)32-24(34)31-22/h2-13,21-22,35H,14H2,1H3,(H2,31,32,34)/t21-,22+,25+/m1/s1. The number of methoxy groups -OCH3 is 1. The van der Waals surface area contributed by atoms with Crippen LogP contribution in [0.1, 0.15) is 27.5 Å². The second kappa shape index (κ2) is 10.3. The molecule has 37 heavy (non-hydrogen) atoms. The van der Waals surface area contributed by atoms with Crippen LogP contribution in [0.25, 0.3) is 0 Å². The molecule has 0 radical (unpaired) electrons. The van der Waals surface area contributed by atoms with Gasteiger partial charge < -0.3 is 25.2 Å². The minimum atomic E-state index is -5.36. The number of hydrogen-bond donors (Lipinski definition) is 3. The number of carbonyl (C=O) groups is 2. The Hall–Kier alpha value is -3.76. The second-order valence-electron chi connectivity index (χ2n) is 8.37. The molecule has 3 aromatic rings. The summed E-state index contributed by atoms with van der Waals surface area (Å²) in [5.41, 5.74) is -2.98. The van der Waals surface area contributed by atoms with Gasteiger partial charge in [-0.1, -0.05) is 60.1 Å². The number of amides is 2. The molecule has 0 aliphatic carbocycles. The van der Waals surface area contributed by atoms with Gasteiger partial charge in [-0.15, -0.1) is 0 Å². The highest BCUT2D eigenvalue weighted by Crippen LogP contribution is 2.45. The number of rotatable bonds is 7. The number of benzene rings is 3. The topological polar surface area (TPSA) is 96.9 Å².